The van der Waals surface area contributed by atoms with Crippen molar-refractivity contribution in [2.24, 2.45) is 4.99 Å². The van der Waals surface area contributed by atoms with Crippen LogP contribution in [-0.2, 0) is 13.1 Å². The van der Waals surface area contributed by atoms with Crippen molar-refractivity contribution in [1.29, 1.82) is 0 Å². The summed E-state index contributed by atoms with van der Waals surface area (Å²) in [6.45, 7) is 0.924. The van der Waals surface area contributed by atoms with Crippen LogP contribution in [0.1, 0.15) is 27.0 Å². The van der Waals surface area contributed by atoms with Gasteiger partial charge in [0.05, 0.1) is 6.54 Å². The zero-order chi connectivity index (χ0) is 19.3. The van der Waals surface area contributed by atoms with E-state index in [0.717, 1.165) is 11.1 Å². The smallest absolute Gasteiger partial charge is 0.201 e. The first kappa shape index (κ1) is 17.7. The van der Waals surface area contributed by atoms with Crippen molar-refractivity contribution < 1.29 is 9.90 Å². The molecule has 0 amide bonds. The summed E-state index contributed by atoms with van der Waals surface area (Å²) in [5.74, 6) is 0.180. The molecule has 0 spiro atoms. The molecule has 0 saturated heterocycles. The molecule has 4 nitrogen and oxygen atoms in total. The fraction of sp³-hybridized carbons (Fsp3) is 0.0833. The van der Waals surface area contributed by atoms with Crippen molar-refractivity contribution in [3.63, 3.8) is 0 Å². The fourth-order valence-electron chi connectivity index (χ4n) is 3.24. The van der Waals surface area contributed by atoms with Gasteiger partial charge in [-0.15, -0.1) is 0 Å². The molecule has 0 heterocycles. The normalized spacial score (nSPS) is 13.6. The molecule has 0 bridgehead atoms. The summed E-state index contributed by atoms with van der Waals surface area (Å²) in [7, 11) is 0. The average molecular weight is 368 g/mol. The number of carbonyl (C=O) groups is 1. The molecular formula is C24H20N2O2. The molecule has 3 aromatic rings. The van der Waals surface area contributed by atoms with Crippen LogP contribution in [0.5, 0.6) is 0 Å². The standard InChI is InChI=1S/C24H20N2O2/c27-22-19-13-7-8-14-20(19)23(28)21(22)24(25-15-17-9-3-1-4-10-17)26-16-18-11-5-2-6-12-18/h1-14,27H,15-16H2,(H,25,26). The minimum absolute atomic E-state index is 0.0204. The lowest BCUT2D eigenvalue weighted by atomic mass is 10.1. The van der Waals surface area contributed by atoms with Gasteiger partial charge in [0.25, 0.3) is 0 Å². The third-order valence-electron chi connectivity index (χ3n) is 4.69. The van der Waals surface area contributed by atoms with Crippen molar-refractivity contribution in [2.75, 3.05) is 0 Å². The number of fused-ring (bicyclic) bond motifs is 1. The van der Waals surface area contributed by atoms with E-state index in [4.69, 9.17) is 0 Å². The van der Waals surface area contributed by atoms with Crippen LogP contribution in [0.25, 0.3) is 5.76 Å². The predicted molar refractivity (Wildman–Crippen MR) is 111 cm³/mol. The number of hydrogen-bond donors (Lipinski definition) is 2. The number of hydrogen-bond acceptors (Lipinski definition) is 3. The van der Waals surface area contributed by atoms with E-state index in [1.165, 1.54) is 0 Å². The SMILES string of the molecule is O=C1C(C(=NCc2ccccc2)NCc2ccccc2)=C(O)c2ccccc21. The number of aliphatic hydroxyl groups is 1. The molecule has 3 aromatic carbocycles. The Morgan fingerprint density at radius 2 is 1.36 bits per heavy atom. The van der Waals surface area contributed by atoms with Gasteiger partial charge in [0.15, 0.2) is 0 Å². The molecule has 0 atom stereocenters. The first-order valence-corrected chi connectivity index (χ1v) is 9.18. The van der Waals surface area contributed by atoms with Crippen LogP contribution < -0.4 is 5.32 Å². The van der Waals surface area contributed by atoms with Gasteiger partial charge in [0.2, 0.25) is 5.78 Å². The van der Waals surface area contributed by atoms with Crippen LogP contribution in [0, 0.1) is 0 Å². The van der Waals surface area contributed by atoms with Crippen molar-refractivity contribution in [2.45, 2.75) is 13.1 Å². The molecular weight excluding hydrogens is 348 g/mol. The number of benzene rings is 3. The van der Waals surface area contributed by atoms with Crippen molar-refractivity contribution >= 4 is 17.4 Å². The minimum Gasteiger partial charge on any atom is -0.506 e. The number of carbonyl (C=O) groups excluding carboxylic acids is 1. The van der Waals surface area contributed by atoms with E-state index >= 15 is 0 Å². The number of aliphatic imine (C=N–C) groups is 1. The van der Waals surface area contributed by atoms with E-state index in [1.54, 1.807) is 18.2 Å². The van der Waals surface area contributed by atoms with Crippen LogP contribution in [0.15, 0.2) is 95.5 Å². The highest BCUT2D eigenvalue weighted by Gasteiger charge is 2.32. The van der Waals surface area contributed by atoms with Gasteiger partial charge in [-0.25, -0.2) is 0 Å². The Morgan fingerprint density at radius 1 is 0.786 bits per heavy atom. The van der Waals surface area contributed by atoms with Gasteiger partial charge < -0.3 is 10.4 Å². The number of amidine groups is 1. The summed E-state index contributed by atoms with van der Waals surface area (Å²) in [4.78, 5) is 17.6. The second kappa shape index (κ2) is 7.92. The molecule has 4 rings (SSSR count). The molecule has 1 aliphatic carbocycles. The van der Waals surface area contributed by atoms with Gasteiger partial charge in [-0.05, 0) is 11.1 Å². The molecule has 28 heavy (non-hydrogen) atoms. The quantitative estimate of drug-likeness (QED) is 0.513. The van der Waals surface area contributed by atoms with Gasteiger partial charge in [0, 0.05) is 17.7 Å². The zero-order valence-corrected chi connectivity index (χ0v) is 15.3. The topological polar surface area (TPSA) is 61.7 Å². The number of rotatable bonds is 5. The Balaban J connectivity index is 1.67. The highest BCUT2D eigenvalue weighted by molar-refractivity contribution is 6.35. The maximum atomic E-state index is 12.9. The van der Waals surface area contributed by atoms with Gasteiger partial charge in [0.1, 0.15) is 17.2 Å². The molecule has 0 aromatic heterocycles. The van der Waals surface area contributed by atoms with Gasteiger partial charge in [-0.3, -0.25) is 9.79 Å². The molecule has 0 unspecified atom stereocenters. The third-order valence-corrected chi connectivity index (χ3v) is 4.69. The predicted octanol–water partition coefficient (Wildman–Crippen LogP) is 4.54. The summed E-state index contributed by atoms with van der Waals surface area (Å²) in [5.41, 5.74) is 3.39. The fourth-order valence-corrected chi connectivity index (χ4v) is 3.24. The highest BCUT2D eigenvalue weighted by Crippen LogP contribution is 2.31. The second-order valence-corrected chi connectivity index (χ2v) is 6.59. The number of nitrogens with one attached hydrogen (secondary N) is 1. The lowest BCUT2D eigenvalue weighted by Gasteiger charge is -2.11. The van der Waals surface area contributed by atoms with E-state index in [-0.39, 0.29) is 17.1 Å². The minimum atomic E-state index is -0.208. The Hall–Kier alpha value is -3.66. The average Bonchev–Trinajstić information content (AvgIpc) is 3.01. The summed E-state index contributed by atoms with van der Waals surface area (Å²) in [5, 5.41) is 14.0. The Labute approximate surface area is 163 Å². The Bertz CT molecular complexity index is 1050. The third kappa shape index (κ3) is 3.58. The molecule has 2 N–H and O–H groups in total. The van der Waals surface area contributed by atoms with Crippen LogP contribution in [0.2, 0.25) is 0 Å². The van der Waals surface area contributed by atoms with E-state index in [1.807, 2.05) is 66.7 Å². The van der Waals surface area contributed by atoms with E-state index in [0.29, 0.717) is 30.1 Å². The lowest BCUT2D eigenvalue weighted by molar-refractivity contribution is 0.104. The van der Waals surface area contributed by atoms with E-state index < -0.39 is 0 Å². The number of Topliss-reactive ketones (excluding diaryl/α,β-unsaturated/α-hetero) is 1. The largest absolute Gasteiger partial charge is 0.506 e. The maximum absolute atomic E-state index is 12.9. The van der Waals surface area contributed by atoms with Crippen molar-refractivity contribution in [1.82, 2.24) is 5.32 Å². The molecule has 0 fully saturated rings. The van der Waals surface area contributed by atoms with Gasteiger partial charge >= 0.3 is 0 Å². The van der Waals surface area contributed by atoms with Gasteiger partial charge in [-0.2, -0.15) is 0 Å². The molecule has 1 aliphatic rings. The van der Waals surface area contributed by atoms with Crippen molar-refractivity contribution in [3.05, 3.63) is 113 Å². The lowest BCUT2D eigenvalue weighted by Crippen LogP contribution is -2.28. The van der Waals surface area contributed by atoms with E-state index in [9.17, 15) is 9.90 Å². The molecule has 0 saturated carbocycles. The van der Waals surface area contributed by atoms with Crippen LogP contribution in [0.3, 0.4) is 0 Å². The monoisotopic (exact) mass is 368 g/mol. The molecule has 138 valence electrons. The number of nitrogens with zero attached hydrogens (tertiary/aromatic N) is 1. The Kier molecular flexibility index (Phi) is 5.02. The summed E-state index contributed by atoms with van der Waals surface area (Å²) < 4.78 is 0. The molecule has 4 heteroatoms. The summed E-state index contributed by atoms with van der Waals surface area (Å²) in [6, 6.07) is 26.8. The van der Waals surface area contributed by atoms with Crippen LogP contribution in [0.4, 0.5) is 0 Å². The first-order chi connectivity index (χ1) is 13.7. The molecule has 0 aliphatic heterocycles. The van der Waals surface area contributed by atoms with Crippen LogP contribution in [-0.4, -0.2) is 16.7 Å². The van der Waals surface area contributed by atoms with Gasteiger partial charge in [-0.1, -0.05) is 84.9 Å². The summed E-state index contributed by atoms with van der Waals surface area (Å²) in [6.07, 6.45) is 0. The number of aliphatic hydroxyl groups excluding tert-OH is 1. The first-order valence-electron chi connectivity index (χ1n) is 9.18. The Morgan fingerprint density at radius 3 is 2.00 bits per heavy atom. The van der Waals surface area contributed by atoms with E-state index in [2.05, 4.69) is 10.3 Å². The van der Waals surface area contributed by atoms with Crippen LogP contribution >= 0.6 is 0 Å². The van der Waals surface area contributed by atoms with Crippen molar-refractivity contribution in [3.8, 4) is 0 Å². The highest BCUT2D eigenvalue weighted by atomic mass is 16.3. The zero-order valence-electron chi connectivity index (χ0n) is 15.3. The number of ketones is 1. The molecule has 0 radical (unpaired) electrons. The second-order valence-electron chi connectivity index (χ2n) is 6.59. The summed E-state index contributed by atoms with van der Waals surface area (Å²) >= 11 is 0. The maximum Gasteiger partial charge on any atom is 0.201 e.